The minimum atomic E-state index is -3.59. The van der Waals surface area contributed by atoms with Gasteiger partial charge in [-0.05, 0) is 30.7 Å². The second kappa shape index (κ2) is 7.11. The Morgan fingerprint density at radius 3 is 2.48 bits per heavy atom. The van der Waals surface area contributed by atoms with Crippen LogP contribution in [0.1, 0.15) is 11.1 Å². The maximum Gasteiger partial charge on any atom is 0.330 e. The van der Waals surface area contributed by atoms with Gasteiger partial charge in [0.25, 0.3) is 10.0 Å². The lowest BCUT2D eigenvalue weighted by Gasteiger charge is -2.05. The molecule has 0 aliphatic heterocycles. The first-order valence-electron chi connectivity index (χ1n) is 6.86. The summed E-state index contributed by atoms with van der Waals surface area (Å²) in [6.45, 7) is 1.90. The highest BCUT2D eigenvalue weighted by Crippen LogP contribution is 2.16. The summed E-state index contributed by atoms with van der Waals surface area (Å²) in [5, 5.41) is 0. The first kappa shape index (κ1) is 16.8. The molecule has 0 aliphatic carbocycles. The third-order valence-corrected chi connectivity index (χ3v) is 4.77. The number of esters is 1. The number of nitrogens with zero attached hydrogens (tertiary/aromatic N) is 1. The highest BCUT2D eigenvalue weighted by molar-refractivity contribution is 7.90. The Labute approximate surface area is 135 Å². The molecular formula is C17H17NO4S. The molecule has 0 atom stereocenters. The number of methoxy groups -OCH3 is 1. The lowest BCUT2D eigenvalue weighted by atomic mass is 10.2. The number of carbonyl (C=O) groups is 1. The zero-order valence-corrected chi connectivity index (χ0v) is 13.7. The van der Waals surface area contributed by atoms with Crippen LogP contribution in [0, 0.1) is 6.92 Å². The molecule has 0 radical (unpaired) electrons. The van der Waals surface area contributed by atoms with Crippen molar-refractivity contribution in [3.8, 4) is 0 Å². The summed E-state index contributed by atoms with van der Waals surface area (Å²) in [7, 11) is -2.29. The van der Waals surface area contributed by atoms with Crippen LogP contribution < -0.4 is 0 Å². The molecule has 0 unspecified atom stereocenters. The zero-order valence-electron chi connectivity index (χ0n) is 12.8. The van der Waals surface area contributed by atoms with Crippen molar-refractivity contribution in [3.05, 3.63) is 72.1 Å². The fourth-order valence-electron chi connectivity index (χ4n) is 1.84. The van der Waals surface area contributed by atoms with Crippen LogP contribution in [0.15, 0.2) is 65.8 Å². The fourth-order valence-corrected chi connectivity index (χ4v) is 3.05. The third-order valence-electron chi connectivity index (χ3n) is 3.12. The monoisotopic (exact) mass is 331 g/mol. The minimum Gasteiger partial charge on any atom is -0.466 e. The maximum atomic E-state index is 12.5. The van der Waals surface area contributed by atoms with Crippen LogP contribution in [0.5, 0.6) is 0 Å². The Morgan fingerprint density at radius 2 is 1.83 bits per heavy atom. The molecular weight excluding hydrogens is 314 g/mol. The SMILES string of the molecule is COC(=O)C=CC=Cc1ccn(S(=O)(=O)c2ccc(C)cc2)c1. The van der Waals surface area contributed by atoms with Crippen molar-refractivity contribution < 1.29 is 17.9 Å². The average molecular weight is 331 g/mol. The molecule has 0 amide bonds. The van der Waals surface area contributed by atoms with E-state index < -0.39 is 16.0 Å². The van der Waals surface area contributed by atoms with Crippen LogP contribution in [0.4, 0.5) is 0 Å². The highest BCUT2D eigenvalue weighted by atomic mass is 32.2. The number of hydrogen-bond acceptors (Lipinski definition) is 4. The zero-order chi connectivity index (χ0) is 16.9. The second-order valence-corrected chi connectivity index (χ2v) is 6.68. The molecule has 0 saturated heterocycles. The third kappa shape index (κ3) is 4.20. The van der Waals surface area contributed by atoms with Gasteiger partial charge in [0.15, 0.2) is 0 Å². The normalized spacial score (nSPS) is 12.1. The molecule has 0 saturated carbocycles. The quantitative estimate of drug-likeness (QED) is 0.480. The fraction of sp³-hybridized carbons (Fsp3) is 0.118. The van der Waals surface area contributed by atoms with Gasteiger partial charge in [-0.2, -0.15) is 0 Å². The van der Waals surface area contributed by atoms with Crippen LogP contribution in [-0.4, -0.2) is 25.5 Å². The van der Waals surface area contributed by atoms with Crippen molar-refractivity contribution in [3.63, 3.8) is 0 Å². The Balaban J connectivity index is 2.18. The van der Waals surface area contributed by atoms with Crippen molar-refractivity contribution in [2.24, 2.45) is 0 Å². The van der Waals surface area contributed by atoms with Gasteiger partial charge in [-0.15, -0.1) is 0 Å². The number of carbonyl (C=O) groups excluding carboxylic acids is 1. The highest BCUT2D eigenvalue weighted by Gasteiger charge is 2.15. The van der Waals surface area contributed by atoms with Gasteiger partial charge < -0.3 is 4.74 Å². The van der Waals surface area contributed by atoms with Gasteiger partial charge in [-0.3, -0.25) is 0 Å². The molecule has 2 aromatic rings. The average Bonchev–Trinajstić information content (AvgIpc) is 3.01. The molecule has 0 bridgehead atoms. The van der Waals surface area contributed by atoms with Crippen LogP contribution in [0.25, 0.3) is 6.08 Å². The number of aromatic nitrogens is 1. The van der Waals surface area contributed by atoms with Gasteiger partial charge in [-0.25, -0.2) is 17.2 Å². The molecule has 0 aliphatic rings. The van der Waals surface area contributed by atoms with E-state index in [2.05, 4.69) is 4.74 Å². The van der Waals surface area contributed by atoms with E-state index >= 15 is 0 Å². The van der Waals surface area contributed by atoms with Gasteiger partial charge in [0, 0.05) is 18.5 Å². The summed E-state index contributed by atoms with van der Waals surface area (Å²) < 4.78 is 30.6. The topological polar surface area (TPSA) is 65.4 Å². The van der Waals surface area contributed by atoms with Crippen LogP contribution >= 0.6 is 0 Å². The molecule has 2 rings (SSSR count). The van der Waals surface area contributed by atoms with Crippen molar-refractivity contribution in [2.75, 3.05) is 7.11 Å². The molecule has 5 nitrogen and oxygen atoms in total. The number of allylic oxidation sites excluding steroid dienone is 2. The smallest absolute Gasteiger partial charge is 0.330 e. The standard InChI is InChI=1S/C17H17NO4S/c1-14-7-9-16(10-8-14)23(20,21)18-12-11-15(13-18)5-3-4-6-17(19)22-2/h3-13H,1-2H3. The summed E-state index contributed by atoms with van der Waals surface area (Å²) in [4.78, 5) is 11.1. The number of rotatable bonds is 5. The van der Waals surface area contributed by atoms with Gasteiger partial charge in [0.05, 0.1) is 12.0 Å². The van der Waals surface area contributed by atoms with Crippen LogP contribution in [0.3, 0.4) is 0 Å². The van der Waals surface area contributed by atoms with E-state index in [9.17, 15) is 13.2 Å². The Kier molecular flexibility index (Phi) is 5.18. The van der Waals surface area contributed by atoms with Gasteiger partial charge in [0.2, 0.25) is 0 Å². The van der Waals surface area contributed by atoms with Crippen LogP contribution in [0.2, 0.25) is 0 Å². The summed E-state index contributed by atoms with van der Waals surface area (Å²) in [5.41, 5.74) is 1.70. The molecule has 1 aromatic heterocycles. The number of ether oxygens (including phenoxy) is 1. The Morgan fingerprint density at radius 1 is 1.13 bits per heavy atom. The molecule has 0 spiro atoms. The van der Waals surface area contributed by atoms with E-state index in [4.69, 9.17) is 0 Å². The largest absolute Gasteiger partial charge is 0.466 e. The first-order chi connectivity index (χ1) is 10.9. The summed E-state index contributed by atoms with van der Waals surface area (Å²) in [5.74, 6) is -0.450. The van der Waals surface area contributed by atoms with E-state index in [1.54, 1.807) is 42.5 Å². The van der Waals surface area contributed by atoms with Gasteiger partial charge in [-0.1, -0.05) is 35.9 Å². The minimum absolute atomic E-state index is 0.236. The predicted octanol–water partition coefficient (Wildman–Crippen LogP) is 2.78. The molecule has 0 N–H and O–H groups in total. The summed E-state index contributed by atoms with van der Waals surface area (Å²) >= 11 is 0. The summed E-state index contributed by atoms with van der Waals surface area (Å²) in [6, 6.07) is 8.36. The predicted molar refractivity (Wildman–Crippen MR) is 88.4 cm³/mol. The van der Waals surface area contributed by atoms with Crippen LogP contribution in [-0.2, 0) is 19.6 Å². The lowest BCUT2D eigenvalue weighted by Crippen LogP contribution is -2.10. The molecule has 23 heavy (non-hydrogen) atoms. The van der Waals surface area contributed by atoms with Crippen molar-refractivity contribution in [1.82, 2.24) is 3.97 Å². The summed E-state index contributed by atoms with van der Waals surface area (Å²) in [6.07, 6.45) is 9.13. The first-order valence-corrected chi connectivity index (χ1v) is 8.30. The van der Waals surface area contributed by atoms with Crippen molar-refractivity contribution >= 4 is 22.1 Å². The van der Waals surface area contributed by atoms with Gasteiger partial charge >= 0.3 is 5.97 Å². The van der Waals surface area contributed by atoms with E-state index in [0.29, 0.717) is 5.56 Å². The van der Waals surface area contributed by atoms with Crippen molar-refractivity contribution in [1.29, 1.82) is 0 Å². The van der Waals surface area contributed by atoms with E-state index in [1.807, 2.05) is 6.92 Å². The molecule has 1 heterocycles. The maximum absolute atomic E-state index is 12.5. The number of benzene rings is 1. The Bertz CT molecular complexity index is 843. The number of hydrogen-bond donors (Lipinski definition) is 0. The van der Waals surface area contributed by atoms with E-state index in [1.165, 1.54) is 35.6 Å². The molecule has 0 fully saturated rings. The van der Waals surface area contributed by atoms with Gasteiger partial charge in [0.1, 0.15) is 0 Å². The van der Waals surface area contributed by atoms with Crippen molar-refractivity contribution in [2.45, 2.75) is 11.8 Å². The van der Waals surface area contributed by atoms with E-state index in [-0.39, 0.29) is 4.90 Å². The Hall–Kier alpha value is -2.60. The lowest BCUT2D eigenvalue weighted by molar-refractivity contribution is -0.134. The molecule has 120 valence electrons. The molecule has 6 heteroatoms. The number of aryl methyl sites for hydroxylation is 1. The molecule has 1 aromatic carbocycles. The second-order valence-electron chi connectivity index (χ2n) is 4.83. The van der Waals surface area contributed by atoms with E-state index in [0.717, 1.165) is 5.56 Å².